The zero-order valence-corrected chi connectivity index (χ0v) is 87.7. The largest absolute Gasteiger partial charge is 4.00 e. The van der Waals surface area contributed by atoms with Crippen molar-refractivity contribution in [2.24, 2.45) is 11.3 Å². The number of carbonyl (C=O) groups excluding carboxylic acids is 2. The van der Waals surface area contributed by atoms with Crippen LogP contribution in [0.1, 0.15) is 172 Å². The molecule has 2 saturated carbocycles. The van der Waals surface area contributed by atoms with E-state index in [1.807, 2.05) is 152 Å². The van der Waals surface area contributed by atoms with Crippen molar-refractivity contribution < 1.29 is 95.7 Å². The van der Waals surface area contributed by atoms with Crippen LogP contribution in [0.2, 0.25) is 0 Å². The van der Waals surface area contributed by atoms with Crippen LogP contribution in [0, 0.1) is 47.7 Å². The molecule has 28 rings (SSSR count). The summed E-state index contributed by atoms with van der Waals surface area (Å²) in [6, 6.07) is 127. The summed E-state index contributed by atoms with van der Waals surface area (Å²) in [7, 11) is 0. The number of aliphatic hydroxyl groups excluding tert-OH is 2. The number of hydrogen-bond donors (Lipinski definition) is 2. The van der Waals surface area contributed by atoms with Crippen molar-refractivity contribution in [1.82, 2.24) is 20.0 Å². The molecule has 7 aliphatic carbocycles. The van der Waals surface area contributed by atoms with E-state index in [0.717, 1.165) is 121 Å². The summed E-state index contributed by atoms with van der Waals surface area (Å²) in [6.07, 6.45) is 29.0. The molecule has 0 saturated heterocycles. The molecule has 10 aliphatic rings. The van der Waals surface area contributed by atoms with Crippen molar-refractivity contribution in [3.63, 3.8) is 0 Å². The molecular weight excluding hydrogens is 2280 g/mol. The molecule has 142 heavy (non-hydrogen) atoms. The van der Waals surface area contributed by atoms with Crippen LogP contribution in [0.3, 0.4) is 0 Å². The number of allylic oxidation sites excluding steroid dienone is 4. The second-order valence-electron chi connectivity index (χ2n) is 38.5. The van der Waals surface area contributed by atoms with E-state index in [2.05, 4.69) is 266 Å². The van der Waals surface area contributed by atoms with Gasteiger partial charge in [-0.2, -0.15) is 132 Å². The molecule has 4 atom stereocenters. The molecule has 5 aromatic heterocycles. The van der Waals surface area contributed by atoms with Crippen LogP contribution in [0.15, 0.2) is 358 Å². The molecule has 4 bridgehead atoms. The summed E-state index contributed by atoms with van der Waals surface area (Å²) in [5, 5.41) is 30.4. The van der Waals surface area contributed by atoms with Gasteiger partial charge in [-0.1, -0.05) is 105 Å². The van der Waals surface area contributed by atoms with E-state index in [0.29, 0.717) is 5.41 Å². The number of rotatable bonds is 9. The van der Waals surface area contributed by atoms with Crippen LogP contribution >= 0.6 is 0 Å². The second kappa shape index (κ2) is 45.3. The Hall–Kier alpha value is -13.4. The molecule has 3 aliphatic heterocycles. The predicted octanol–water partition coefficient (Wildman–Crippen LogP) is 27.7. The number of aliphatic hydroxyl groups is 2. The van der Waals surface area contributed by atoms with Crippen molar-refractivity contribution in [3.8, 4) is 73.0 Å². The smallest absolute Gasteiger partial charge is 0.512 e. The third-order valence-electron chi connectivity index (χ3n) is 28.8. The molecule has 2 fully saturated rings. The molecule has 1 radical (unpaired) electrons. The second-order valence-corrected chi connectivity index (χ2v) is 38.5. The minimum atomic E-state index is -0.125. The Bertz CT molecular complexity index is 7470. The molecular formula is C127H113IrN8O4Pt2+. The van der Waals surface area contributed by atoms with Crippen molar-refractivity contribution in [2.75, 3.05) is 4.90 Å². The van der Waals surface area contributed by atoms with Gasteiger partial charge in [-0.3, -0.25) is 9.59 Å². The molecule has 2 N–H and O–H groups in total. The van der Waals surface area contributed by atoms with Crippen LogP contribution in [-0.4, -0.2) is 41.8 Å². The number of fused-ring (bicyclic) bond motifs is 19. The van der Waals surface area contributed by atoms with E-state index in [-0.39, 0.29) is 85.3 Å². The van der Waals surface area contributed by atoms with E-state index < -0.39 is 0 Å². The molecule has 13 aromatic carbocycles. The third-order valence-corrected chi connectivity index (χ3v) is 28.8. The fourth-order valence-corrected chi connectivity index (χ4v) is 22.0. The summed E-state index contributed by atoms with van der Waals surface area (Å²) in [5.74, 6) is 3.31. The van der Waals surface area contributed by atoms with Gasteiger partial charge in [0.05, 0.1) is 28.2 Å². The Balaban J connectivity index is 0.000000115. The molecule has 4 unspecified atom stereocenters. The van der Waals surface area contributed by atoms with Gasteiger partial charge in [0.25, 0.3) is 0 Å². The molecule has 15 heteroatoms. The SMILES string of the molecule is CC(=O)C=C(C)O.CC(=O)C=C(C)O.CC1(C)C2Cc3cc4[n+](cc3C1C2)Cc1cc2c(cc1-4)CCCC2.[Ir].[Pt+4].[Pt].[c-]1ccc2ccccc2c1-n1nc2ccccc2n1.[c-]1ccccc1-c1[c-]c(N(c2[c-]c(-c3[c-]cccc3)ccc2)c2ccccc2)ccc1.[c-]1ccccc1-c1nccc2ccccc12.c1c2c(cc3c1C[n+]1cc4c(cc1-3)C1CCC4C1)CCCC2.c1ccc2c(c1)C[n+]1ccccc1-2. The number of hydrogen-bond acceptors (Lipinski definition) is 8. The quantitative estimate of drug-likeness (QED) is 0.0632. The average Bonchev–Trinajstić information content (AvgIpc) is 1.15. The first-order valence-corrected chi connectivity index (χ1v) is 49.1. The summed E-state index contributed by atoms with van der Waals surface area (Å²) in [4.78, 5) is 28.3. The first-order valence-electron chi connectivity index (χ1n) is 49.1. The van der Waals surface area contributed by atoms with E-state index in [1.165, 1.54) is 173 Å². The average molecular weight is 2400 g/mol. The topological polar surface area (TPSA) is 133 Å². The maximum atomic E-state index is 10.0. The van der Waals surface area contributed by atoms with Gasteiger partial charge in [0.1, 0.15) is 11.0 Å². The van der Waals surface area contributed by atoms with Gasteiger partial charge in [-0.05, 0) is 274 Å². The summed E-state index contributed by atoms with van der Waals surface area (Å²) >= 11 is 0. The van der Waals surface area contributed by atoms with E-state index in [1.54, 1.807) is 60.4 Å². The molecule has 713 valence electrons. The molecule has 8 heterocycles. The van der Waals surface area contributed by atoms with Gasteiger partial charge in [-0.25, -0.2) is 22.3 Å². The molecule has 12 nitrogen and oxygen atoms in total. The Morgan fingerprint density at radius 2 is 0.923 bits per heavy atom. The minimum Gasteiger partial charge on any atom is -0.512 e. The number of carbonyl (C=O) groups is 2. The fourth-order valence-electron chi connectivity index (χ4n) is 22.0. The van der Waals surface area contributed by atoms with Gasteiger partial charge in [0, 0.05) is 117 Å². The zero-order chi connectivity index (χ0) is 95.0. The van der Waals surface area contributed by atoms with Gasteiger partial charge < -0.3 is 20.1 Å². The standard InChI is InChI=1S/C30H19N.C23H26N.C21H22N.C16H10N3.C15H10N.C12H10N.2C5H8O2.Ir.2Pt/c1-4-12-24(13-5-1)26-16-10-20-29(22-26)31(28-18-8-3-9-19-28)30-21-11-17-27(23-30)25-14-6-2-7-15-25;1-23(2)18-8-16-10-22-19-9-15-6-4-3-5-14(15)7-17(19)12-24(22)13-20(16)21(23)11-18;1-2-4-14-9-19-17(7-13(14)3-1)11-22-12-20-16-6-5-15(8-16)18(20)10-21(19)22;1-2-8-13-12(6-1)7-5-11-16(13)19-17-14-9-3-4-10-15(14)18-19;1-2-7-13(8-3-1)15-14-9-5-4-6-12(14)10-11-16-15;1-2-6-11-10(5-1)9-13-8-4-3-7-12(11)13;2*1-4(6)3-5(2)7;;;/h1-12,14,16-21H;7,9-10,13,18,21H,3-6,8,11-12H2,1-2H3;7,9-10,12,15-16H,1-6,8,11H2;1-10H;1-7,9-11H;1-8H,9H2;2*3,6H,1-2H3;;;/q-4;2*+1;2*-1;+1;;;;;+4. The summed E-state index contributed by atoms with van der Waals surface area (Å²) in [5.41, 5.74) is 38.7. The van der Waals surface area contributed by atoms with Crippen LogP contribution in [-0.2, 0) is 124 Å². The first kappa shape index (κ1) is 100. The van der Waals surface area contributed by atoms with Crippen molar-refractivity contribution in [3.05, 3.63) is 455 Å². The van der Waals surface area contributed by atoms with Crippen molar-refractivity contribution in [1.29, 1.82) is 0 Å². The van der Waals surface area contributed by atoms with Gasteiger partial charge in [-0.15, -0.1) is 77.0 Å². The minimum absolute atomic E-state index is 0. The Morgan fingerprint density at radius 1 is 0.430 bits per heavy atom. The Kier molecular flexibility index (Phi) is 31.9. The molecule has 0 spiro atoms. The first-order chi connectivity index (χ1) is 67.9. The number of aryl methyl sites for hydroxylation is 4. The van der Waals surface area contributed by atoms with E-state index >= 15 is 0 Å². The summed E-state index contributed by atoms with van der Waals surface area (Å²) < 4.78 is 7.37. The number of benzene rings is 13. The Labute approximate surface area is 876 Å². The van der Waals surface area contributed by atoms with Crippen molar-refractivity contribution >= 4 is 61.2 Å². The number of para-hydroxylation sites is 1. The van der Waals surface area contributed by atoms with Crippen LogP contribution in [0.4, 0.5) is 17.1 Å². The Morgan fingerprint density at radius 3 is 1.49 bits per heavy atom. The monoisotopic (exact) mass is 2400 g/mol. The van der Waals surface area contributed by atoms with Crippen LogP contribution in [0.5, 0.6) is 0 Å². The van der Waals surface area contributed by atoms with Gasteiger partial charge in [0.15, 0.2) is 49.8 Å². The maximum Gasteiger partial charge on any atom is 4.00 e. The molecule has 18 aromatic rings. The van der Waals surface area contributed by atoms with E-state index in [4.69, 9.17) is 10.2 Å². The predicted molar refractivity (Wildman–Crippen MR) is 557 cm³/mol. The maximum absolute atomic E-state index is 10.0. The van der Waals surface area contributed by atoms with Crippen LogP contribution < -0.4 is 18.6 Å². The molecule has 0 amide bonds. The van der Waals surface area contributed by atoms with E-state index in [9.17, 15) is 9.59 Å². The number of ketones is 2. The number of nitrogens with zero attached hydrogens (tertiary/aromatic N) is 8. The van der Waals surface area contributed by atoms with Crippen molar-refractivity contribution in [2.45, 2.75) is 162 Å². The van der Waals surface area contributed by atoms with Gasteiger partial charge in [0.2, 0.25) is 17.1 Å². The fraction of sp³-hybridized carbons (Fsp3) is 0.213. The number of anilines is 3. The van der Waals surface area contributed by atoms with Gasteiger partial charge >= 0.3 is 21.1 Å². The third kappa shape index (κ3) is 22.1. The number of aromatic nitrogens is 7. The van der Waals surface area contributed by atoms with Crippen LogP contribution in [0.25, 0.3) is 106 Å². The summed E-state index contributed by atoms with van der Waals surface area (Å²) in [6.45, 7) is 13.9. The normalized spacial score (nSPS) is 16.0. The zero-order valence-electron chi connectivity index (χ0n) is 80.8. The number of pyridine rings is 4.